The van der Waals surface area contributed by atoms with E-state index >= 15 is 0 Å². The lowest BCUT2D eigenvalue weighted by atomic mass is 10.0. The molecular weight excluding hydrogens is 376 g/mol. The van der Waals surface area contributed by atoms with Crippen molar-refractivity contribution in [2.24, 2.45) is 0 Å². The average molecular weight is 405 g/mol. The van der Waals surface area contributed by atoms with Gasteiger partial charge >= 0.3 is 0 Å². The highest BCUT2D eigenvalue weighted by atomic mass is 16.2. The maximum Gasteiger partial charge on any atom is 0.247 e. The summed E-state index contributed by atoms with van der Waals surface area (Å²) in [4.78, 5) is 30.4. The molecule has 0 spiro atoms. The van der Waals surface area contributed by atoms with Crippen molar-refractivity contribution in [1.82, 2.24) is 15.2 Å². The topological polar surface area (TPSA) is 77.2 Å². The van der Waals surface area contributed by atoms with Crippen LogP contribution in [0.4, 0.5) is 5.69 Å². The summed E-state index contributed by atoms with van der Waals surface area (Å²) in [6.07, 6.45) is 4.83. The predicted molar refractivity (Wildman–Crippen MR) is 119 cm³/mol. The first-order valence-electron chi connectivity index (χ1n) is 10.5. The summed E-state index contributed by atoms with van der Waals surface area (Å²) in [6.45, 7) is 4.60. The number of anilines is 1. The fourth-order valence-electron chi connectivity index (χ4n) is 4.15. The lowest BCUT2D eigenvalue weighted by Gasteiger charge is -2.19. The van der Waals surface area contributed by atoms with Crippen LogP contribution in [-0.2, 0) is 22.6 Å². The van der Waals surface area contributed by atoms with Crippen molar-refractivity contribution in [3.8, 4) is 0 Å². The van der Waals surface area contributed by atoms with Crippen LogP contribution in [-0.4, -0.2) is 40.8 Å². The van der Waals surface area contributed by atoms with Gasteiger partial charge in [0.15, 0.2) is 0 Å². The molecule has 3 aromatic rings. The molecule has 1 atom stereocenters. The normalized spacial score (nSPS) is 15.2. The first-order valence-corrected chi connectivity index (χ1v) is 10.5. The van der Waals surface area contributed by atoms with Crippen LogP contribution < -0.4 is 10.6 Å². The van der Waals surface area contributed by atoms with Crippen LogP contribution in [0.2, 0.25) is 0 Å². The Labute approximate surface area is 176 Å². The highest BCUT2D eigenvalue weighted by Crippen LogP contribution is 2.20. The molecule has 3 N–H and O–H groups in total. The van der Waals surface area contributed by atoms with Crippen molar-refractivity contribution in [2.45, 2.75) is 38.8 Å². The largest absolute Gasteiger partial charge is 0.361 e. The maximum absolute atomic E-state index is 13.0. The van der Waals surface area contributed by atoms with Gasteiger partial charge in [0.05, 0.1) is 0 Å². The number of para-hydroxylation sites is 1. The molecule has 0 aliphatic carbocycles. The van der Waals surface area contributed by atoms with Gasteiger partial charge in [-0.2, -0.15) is 0 Å². The molecule has 1 saturated heterocycles. The Hall–Kier alpha value is -3.12. The fraction of sp³-hybridized carbons (Fsp3) is 0.333. The van der Waals surface area contributed by atoms with E-state index < -0.39 is 6.04 Å². The molecule has 0 saturated carbocycles. The number of aromatic nitrogens is 1. The summed E-state index contributed by atoms with van der Waals surface area (Å²) in [6, 6.07) is 15.3. The zero-order chi connectivity index (χ0) is 20.9. The summed E-state index contributed by atoms with van der Waals surface area (Å²) in [5, 5.41) is 6.86. The third kappa shape index (κ3) is 4.89. The van der Waals surface area contributed by atoms with E-state index in [0.29, 0.717) is 6.42 Å². The molecule has 1 fully saturated rings. The Morgan fingerprint density at radius 3 is 2.70 bits per heavy atom. The highest BCUT2D eigenvalue weighted by Gasteiger charge is 2.22. The SMILES string of the molecule is CC(=O)NC(Cc1c[nH]c2ccccc12)C(=O)Nc1cccc(CN2CCCC2)c1. The zero-order valence-corrected chi connectivity index (χ0v) is 17.3. The summed E-state index contributed by atoms with van der Waals surface area (Å²) < 4.78 is 0. The van der Waals surface area contributed by atoms with Crippen LogP contribution in [0.3, 0.4) is 0 Å². The predicted octanol–water partition coefficient (Wildman–Crippen LogP) is 3.45. The van der Waals surface area contributed by atoms with Gasteiger partial charge in [0.1, 0.15) is 6.04 Å². The number of amides is 2. The van der Waals surface area contributed by atoms with Crippen molar-refractivity contribution in [3.05, 3.63) is 65.9 Å². The van der Waals surface area contributed by atoms with Crippen LogP contribution in [0.25, 0.3) is 10.9 Å². The number of fused-ring (bicyclic) bond motifs is 1. The molecule has 6 heteroatoms. The smallest absolute Gasteiger partial charge is 0.247 e. The monoisotopic (exact) mass is 404 g/mol. The van der Waals surface area contributed by atoms with Crippen molar-refractivity contribution in [3.63, 3.8) is 0 Å². The number of hydrogen-bond acceptors (Lipinski definition) is 3. The molecule has 30 heavy (non-hydrogen) atoms. The van der Waals surface area contributed by atoms with E-state index in [1.54, 1.807) is 0 Å². The van der Waals surface area contributed by atoms with Crippen molar-refractivity contribution >= 4 is 28.4 Å². The minimum absolute atomic E-state index is 0.214. The Bertz CT molecular complexity index is 1040. The van der Waals surface area contributed by atoms with E-state index in [9.17, 15) is 9.59 Å². The minimum Gasteiger partial charge on any atom is -0.361 e. The molecule has 156 valence electrons. The first kappa shape index (κ1) is 20.2. The van der Waals surface area contributed by atoms with Gasteiger partial charge in [-0.25, -0.2) is 0 Å². The average Bonchev–Trinajstić information content (AvgIpc) is 3.38. The number of carbonyl (C=O) groups excluding carboxylic acids is 2. The Morgan fingerprint density at radius 1 is 1.10 bits per heavy atom. The molecule has 1 aliphatic heterocycles. The van der Waals surface area contributed by atoms with E-state index in [2.05, 4.69) is 26.6 Å². The number of benzene rings is 2. The second-order valence-electron chi connectivity index (χ2n) is 7.99. The van der Waals surface area contributed by atoms with Crippen molar-refractivity contribution in [2.75, 3.05) is 18.4 Å². The summed E-state index contributed by atoms with van der Waals surface area (Å²) in [5.41, 5.74) is 3.96. The van der Waals surface area contributed by atoms with E-state index in [0.717, 1.165) is 41.8 Å². The number of aromatic amines is 1. The molecule has 2 heterocycles. The molecule has 1 aliphatic rings. The van der Waals surface area contributed by atoms with Crippen LogP contribution in [0.15, 0.2) is 54.7 Å². The van der Waals surface area contributed by atoms with Gasteiger partial charge in [0.25, 0.3) is 0 Å². The summed E-state index contributed by atoms with van der Waals surface area (Å²) in [7, 11) is 0. The third-order valence-electron chi connectivity index (χ3n) is 5.59. The van der Waals surface area contributed by atoms with Gasteiger partial charge in [-0.05, 0) is 55.3 Å². The lowest BCUT2D eigenvalue weighted by Crippen LogP contribution is -2.44. The molecular formula is C24H28N4O2. The molecule has 6 nitrogen and oxygen atoms in total. The second-order valence-corrected chi connectivity index (χ2v) is 7.99. The molecule has 1 unspecified atom stereocenters. The second kappa shape index (κ2) is 9.13. The van der Waals surface area contributed by atoms with E-state index in [4.69, 9.17) is 0 Å². The van der Waals surface area contributed by atoms with E-state index in [1.165, 1.54) is 25.3 Å². The van der Waals surface area contributed by atoms with Crippen LogP contribution in [0, 0.1) is 0 Å². The van der Waals surface area contributed by atoms with Crippen molar-refractivity contribution < 1.29 is 9.59 Å². The molecule has 2 aromatic carbocycles. The van der Waals surface area contributed by atoms with Crippen LogP contribution >= 0.6 is 0 Å². The van der Waals surface area contributed by atoms with E-state index in [1.807, 2.05) is 48.7 Å². The summed E-state index contributed by atoms with van der Waals surface area (Å²) in [5.74, 6) is -0.438. The van der Waals surface area contributed by atoms with E-state index in [-0.39, 0.29) is 11.8 Å². The van der Waals surface area contributed by atoms with Gasteiger partial charge in [-0.3, -0.25) is 14.5 Å². The van der Waals surface area contributed by atoms with Crippen LogP contribution in [0.5, 0.6) is 0 Å². The number of likely N-dealkylation sites (tertiary alicyclic amines) is 1. The molecule has 1 aromatic heterocycles. The highest BCUT2D eigenvalue weighted by molar-refractivity contribution is 5.97. The third-order valence-corrected chi connectivity index (χ3v) is 5.59. The number of nitrogens with one attached hydrogen (secondary N) is 3. The summed E-state index contributed by atoms with van der Waals surface area (Å²) >= 11 is 0. The van der Waals surface area contributed by atoms with Gasteiger partial charge in [0.2, 0.25) is 11.8 Å². The van der Waals surface area contributed by atoms with Crippen LogP contribution in [0.1, 0.15) is 30.9 Å². The zero-order valence-electron chi connectivity index (χ0n) is 17.3. The molecule has 0 bridgehead atoms. The van der Waals surface area contributed by atoms with Crippen molar-refractivity contribution in [1.29, 1.82) is 0 Å². The number of H-pyrrole nitrogens is 1. The Kier molecular flexibility index (Phi) is 6.14. The quantitative estimate of drug-likeness (QED) is 0.564. The Morgan fingerprint density at radius 2 is 1.90 bits per heavy atom. The van der Waals surface area contributed by atoms with Gasteiger partial charge < -0.3 is 15.6 Å². The minimum atomic E-state index is -0.649. The first-order chi connectivity index (χ1) is 14.6. The van der Waals surface area contributed by atoms with Gasteiger partial charge in [-0.15, -0.1) is 0 Å². The fourth-order valence-corrected chi connectivity index (χ4v) is 4.15. The molecule has 0 radical (unpaired) electrons. The standard InChI is InChI=1S/C24H28N4O2/c1-17(29)26-23(14-19-15-25-22-10-3-2-9-21(19)22)24(30)27-20-8-6-7-18(13-20)16-28-11-4-5-12-28/h2-3,6-10,13,15,23,25H,4-5,11-12,14,16H2,1H3,(H,26,29)(H,27,30). The number of hydrogen-bond donors (Lipinski definition) is 3. The Balaban J connectivity index is 1.47. The number of carbonyl (C=O) groups is 2. The number of nitrogens with zero attached hydrogens (tertiary/aromatic N) is 1. The van der Waals surface area contributed by atoms with Gasteiger partial charge in [0, 0.05) is 42.7 Å². The van der Waals surface area contributed by atoms with Gasteiger partial charge in [-0.1, -0.05) is 30.3 Å². The lowest BCUT2D eigenvalue weighted by molar-refractivity contribution is -0.125. The maximum atomic E-state index is 13.0. The number of rotatable bonds is 7. The molecule has 2 amide bonds. The molecule has 4 rings (SSSR count).